The Morgan fingerprint density at radius 1 is 1.53 bits per heavy atom. The van der Waals surface area contributed by atoms with Crippen LogP contribution in [0.2, 0.25) is 0 Å². The second-order valence-corrected chi connectivity index (χ2v) is 5.30. The Morgan fingerprint density at radius 2 is 2.37 bits per heavy atom. The van der Waals surface area contributed by atoms with E-state index in [0.29, 0.717) is 5.56 Å². The van der Waals surface area contributed by atoms with Crippen LogP contribution in [-0.2, 0) is 6.42 Å². The van der Waals surface area contributed by atoms with Crippen molar-refractivity contribution in [1.29, 1.82) is 0 Å². The Hall–Kier alpha value is -1.62. The van der Waals surface area contributed by atoms with Crippen molar-refractivity contribution in [1.82, 2.24) is 10.3 Å². The molecular weight excluding hydrogens is 308 g/mol. The number of carbonyl (C=O) groups excluding carboxylic acids is 1. The van der Waals surface area contributed by atoms with Crippen molar-refractivity contribution in [2.24, 2.45) is 0 Å². The normalized spacial score (nSPS) is 12.1. The Kier molecular flexibility index (Phi) is 4.74. The molecule has 2 heterocycles. The third-order valence-corrected chi connectivity index (χ3v) is 3.18. The summed E-state index contributed by atoms with van der Waals surface area (Å²) in [7, 11) is 0. The van der Waals surface area contributed by atoms with Gasteiger partial charge in [0.05, 0.1) is 11.8 Å². The molecule has 0 aliphatic carbocycles. The quantitative estimate of drug-likeness (QED) is 0.919. The molecule has 0 spiro atoms. The minimum absolute atomic E-state index is 0.0802. The molecule has 1 atom stereocenters. The summed E-state index contributed by atoms with van der Waals surface area (Å²) < 4.78 is 6.06. The van der Waals surface area contributed by atoms with Gasteiger partial charge in [0, 0.05) is 29.3 Å². The molecule has 100 valence electrons. The van der Waals surface area contributed by atoms with Crippen LogP contribution < -0.4 is 5.32 Å². The number of halogens is 1. The van der Waals surface area contributed by atoms with Crippen LogP contribution in [0.5, 0.6) is 0 Å². The number of furan rings is 1. The van der Waals surface area contributed by atoms with E-state index in [1.165, 1.54) is 0 Å². The van der Waals surface area contributed by atoms with Gasteiger partial charge in [-0.1, -0.05) is 0 Å². The van der Waals surface area contributed by atoms with Crippen molar-refractivity contribution in [3.05, 3.63) is 52.7 Å². The number of aromatic nitrogens is 1. The van der Waals surface area contributed by atoms with Crippen molar-refractivity contribution in [3.63, 3.8) is 0 Å². The zero-order valence-electron chi connectivity index (χ0n) is 10.6. The Morgan fingerprint density at radius 3 is 3.05 bits per heavy atom. The highest BCUT2D eigenvalue weighted by atomic mass is 79.9. The molecule has 2 aromatic heterocycles. The lowest BCUT2D eigenvalue weighted by Crippen LogP contribution is -2.32. The lowest BCUT2D eigenvalue weighted by Gasteiger charge is -2.13. The molecular formula is C14H15BrN2O2. The lowest BCUT2D eigenvalue weighted by atomic mass is 10.1. The SMILES string of the molecule is CC(CCc1ccco1)NC(=O)c1cncc(Br)c1. The summed E-state index contributed by atoms with van der Waals surface area (Å²) in [5, 5.41) is 2.94. The van der Waals surface area contributed by atoms with Crippen LogP contribution in [-0.4, -0.2) is 16.9 Å². The van der Waals surface area contributed by atoms with E-state index < -0.39 is 0 Å². The van der Waals surface area contributed by atoms with Crippen molar-refractivity contribution < 1.29 is 9.21 Å². The van der Waals surface area contributed by atoms with Crippen molar-refractivity contribution in [2.75, 3.05) is 0 Å². The van der Waals surface area contributed by atoms with E-state index >= 15 is 0 Å². The molecule has 0 aliphatic rings. The number of nitrogens with one attached hydrogen (secondary N) is 1. The van der Waals surface area contributed by atoms with E-state index in [9.17, 15) is 4.79 Å². The molecule has 0 aromatic carbocycles. The first-order valence-electron chi connectivity index (χ1n) is 6.09. The molecule has 4 nitrogen and oxygen atoms in total. The first-order valence-corrected chi connectivity index (χ1v) is 6.88. The molecule has 0 fully saturated rings. The third kappa shape index (κ3) is 4.21. The van der Waals surface area contributed by atoms with Crippen LogP contribution in [0.1, 0.15) is 29.5 Å². The van der Waals surface area contributed by atoms with E-state index in [-0.39, 0.29) is 11.9 Å². The molecule has 19 heavy (non-hydrogen) atoms. The lowest BCUT2D eigenvalue weighted by molar-refractivity contribution is 0.0937. The zero-order chi connectivity index (χ0) is 13.7. The van der Waals surface area contributed by atoms with Crippen LogP contribution in [0, 0.1) is 0 Å². The minimum atomic E-state index is -0.110. The summed E-state index contributed by atoms with van der Waals surface area (Å²) in [5.74, 6) is 0.825. The van der Waals surface area contributed by atoms with Crippen molar-refractivity contribution in [2.45, 2.75) is 25.8 Å². The summed E-state index contributed by atoms with van der Waals surface area (Å²) in [4.78, 5) is 15.9. The van der Waals surface area contributed by atoms with Gasteiger partial charge in [-0.2, -0.15) is 0 Å². The molecule has 0 radical (unpaired) electrons. The van der Waals surface area contributed by atoms with Gasteiger partial charge in [0.25, 0.3) is 5.91 Å². The number of hydrogen-bond acceptors (Lipinski definition) is 3. The fourth-order valence-electron chi connectivity index (χ4n) is 1.73. The number of aryl methyl sites for hydroxylation is 1. The predicted molar refractivity (Wildman–Crippen MR) is 75.9 cm³/mol. The summed E-state index contributed by atoms with van der Waals surface area (Å²) in [6, 6.07) is 5.64. The maximum absolute atomic E-state index is 12.0. The first kappa shape index (κ1) is 13.8. The zero-order valence-corrected chi connectivity index (χ0v) is 12.2. The second kappa shape index (κ2) is 6.52. The highest BCUT2D eigenvalue weighted by Crippen LogP contribution is 2.10. The number of carbonyl (C=O) groups is 1. The highest BCUT2D eigenvalue weighted by molar-refractivity contribution is 9.10. The standard InChI is InChI=1S/C14H15BrN2O2/c1-10(4-5-13-3-2-6-19-13)17-14(18)11-7-12(15)9-16-8-11/h2-3,6-10H,4-5H2,1H3,(H,17,18). The Labute approximate surface area is 120 Å². The molecule has 2 rings (SSSR count). The average Bonchev–Trinajstić information content (AvgIpc) is 2.89. The van der Waals surface area contributed by atoms with Crippen molar-refractivity contribution in [3.8, 4) is 0 Å². The average molecular weight is 323 g/mol. The molecule has 0 saturated heterocycles. The monoisotopic (exact) mass is 322 g/mol. The van der Waals surface area contributed by atoms with Crippen LogP contribution in [0.25, 0.3) is 0 Å². The van der Waals surface area contributed by atoms with E-state index in [1.54, 1.807) is 24.7 Å². The molecule has 1 unspecified atom stereocenters. The maximum atomic E-state index is 12.0. The van der Waals surface area contributed by atoms with E-state index in [4.69, 9.17) is 4.42 Å². The van der Waals surface area contributed by atoms with Crippen LogP contribution in [0.3, 0.4) is 0 Å². The van der Waals surface area contributed by atoms with E-state index in [2.05, 4.69) is 26.2 Å². The van der Waals surface area contributed by atoms with Crippen LogP contribution in [0.4, 0.5) is 0 Å². The second-order valence-electron chi connectivity index (χ2n) is 4.38. The van der Waals surface area contributed by atoms with Crippen LogP contribution in [0.15, 0.2) is 45.7 Å². The molecule has 0 aliphatic heterocycles. The highest BCUT2D eigenvalue weighted by Gasteiger charge is 2.11. The first-order chi connectivity index (χ1) is 9.15. The summed E-state index contributed by atoms with van der Waals surface area (Å²) >= 11 is 3.30. The topological polar surface area (TPSA) is 55.1 Å². The number of pyridine rings is 1. The molecule has 0 bridgehead atoms. The number of hydrogen-bond donors (Lipinski definition) is 1. The predicted octanol–water partition coefficient (Wildman–Crippen LogP) is 3.19. The number of amides is 1. The largest absolute Gasteiger partial charge is 0.469 e. The van der Waals surface area contributed by atoms with Gasteiger partial charge in [-0.15, -0.1) is 0 Å². The van der Waals surface area contributed by atoms with Gasteiger partial charge < -0.3 is 9.73 Å². The van der Waals surface area contributed by atoms with Crippen LogP contribution >= 0.6 is 15.9 Å². The van der Waals surface area contributed by atoms with E-state index in [0.717, 1.165) is 23.1 Å². The van der Waals surface area contributed by atoms with Gasteiger partial charge in [-0.25, -0.2) is 0 Å². The molecule has 0 saturated carbocycles. The van der Waals surface area contributed by atoms with Gasteiger partial charge in [0.15, 0.2) is 0 Å². The minimum Gasteiger partial charge on any atom is -0.469 e. The Balaban J connectivity index is 1.84. The smallest absolute Gasteiger partial charge is 0.253 e. The summed E-state index contributed by atoms with van der Waals surface area (Å²) in [6.07, 6.45) is 6.51. The number of rotatable bonds is 5. The maximum Gasteiger partial charge on any atom is 0.253 e. The molecule has 5 heteroatoms. The van der Waals surface area contributed by atoms with Gasteiger partial charge in [0.2, 0.25) is 0 Å². The molecule has 1 amide bonds. The van der Waals surface area contributed by atoms with Gasteiger partial charge in [0.1, 0.15) is 5.76 Å². The fourth-order valence-corrected chi connectivity index (χ4v) is 2.09. The summed E-state index contributed by atoms with van der Waals surface area (Å²) in [6.45, 7) is 1.98. The van der Waals surface area contributed by atoms with Crippen molar-refractivity contribution >= 4 is 21.8 Å². The van der Waals surface area contributed by atoms with Gasteiger partial charge in [-0.05, 0) is 47.5 Å². The molecule has 2 aromatic rings. The molecule has 1 N–H and O–H groups in total. The van der Waals surface area contributed by atoms with Gasteiger partial charge >= 0.3 is 0 Å². The Bertz CT molecular complexity index is 540. The fraction of sp³-hybridized carbons (Fsp3) is 0.286. The summed E-state index contributed by atoms with van der Waals surface area (Å²) in [5.41, 5.74) is 0.555. The van der Waals surface area contributed by atoms with E-state index in [1.807, 2.05) is 19.1 Å². The third-order valence-electron chi connectivity index (χ3n) is 2.75. The number of nitrogens with zero attached hydrogens (tertiary/aromatic N) is 1. The van der Waals surface area contributed by atoms with Gasteiger partial charge in [-0.3, -0.25) is 9.78 Å².